The van der Waals surface area contributed by atoms with Crippen molar-refractivity contribution >= 4 is 17.2 Å². The van der Waals surface area contributed by atoms with Crippen LogP contribution >= 0.6 is 11.3 Å². The Morgan fingerprint density at radius 3 is 2.86 bits per heavy atom. The molecule has 3 heterocycles. The smallest absolute Gasteiger partial charge is 0.264 e. The van der Waals surface area contributed by atoms with E-state index in [0.29, 0.717) is 6.04 Å². The quantitative estimate of drug-likeness (QED) is 0.808. The molecule has 0 bridgehead atoms. The maximum atomic E-state index is 12.6. The molecule has 1 fully saturated rings. The van der Waals surface area contributed by atoms with Gasteiger partial charge in [-0.05, 0) is 29.0 Å². The molecular formula is C17H18N2OS. The SMILES string of the molecule is O=C(c1cccs1)N1CCN2CCc3ccccc3C2C1. The summed E-state index contributed by atoms with van der Waals surface area (Å²) < 4.78 is 0. The van der Waals surface area contributed by atoms with Crippen molar-refractivity contribution in [2.24, 2.45) is 0 Å². The highest BCUT2D eigenvalue weighted by atomic mass is 32.1. The molecule has 0 aliphatic carbocycles. The van der Waals surface area contributed by atoms with Crippen LogP contribution in [0.3, 0.4) is 0 Å². The molecule has 2 aliphatic heterocycles. The summed E-state index contributed by atoms with van der Waals surface area (Å²) in [6.45, 7) is 3.75. The topological polar surface area (TPSA) is 23.6 Å². The van der Waals surface area contributed by atoms with Crippen molar-refractivity contribution in [3.05, 3.63) is 57.8 Å². The Morgan fingerprint density at radius 1 is 1.10 bits per heavy atom. The van der Waals surface area contributed by atoms with Gasteiger partial charge in [0.25, 0.3) is 5.91 Å². The Hall–Kier alpha value is -1.65. The Labute approximate surface area is 128 Å². The molecule has 2 aliphatic rings. The molecule has 0 spiro atoms. The fourth-order valence-electron chi connectivity index (χ4n) is 3.47. The zero-order valence-electron chi connectivity index (χ0n) is 11.9. The minimum absolute atomic E-state index is 0.188. The van der Waals surface area contributed by atoms with Crippen LogP contribution in [0.1, 0.15) is 26.8 Å². The number of hydrogen-bond acceptors (Lipinski definition) is 3. The van der Waals surface area contributed by atoms with Gasteiger partial charge in [-0.1, -0.05) is 30.3 Å². The summed E-state index contributed by atoms with van der Waals surface area (Å²) in [7, 11) is 0. The summed E-state index contributed by atoms with van der Waals surface area (Å²) in [5, 5.41) is 1.97. The van der Waals surface area contributed by atoms with Gasteiger partial charge >= 0.3 is 0 Å². The lowest BCUT2D eigenvalue weighted by Crippen LogP contribution is -2.52. The lowest BCUT2D eigenvalue weighted by atomic mass is 9.91. The second kappa shape index (κ2) is 5.28. The zero-order chi connectivity index (χ0) is 14.2. The number of nitrogens with zero attached hydrogens (tertiary/aromatic N) is 2. The summed E-state index contributed by atoms with van der Waals surface area (Å²) >= 11 is 1.53. The first kappa shape index (κ1) is 13.0. The molecule has 4 heteroatoms. The summed E-state index contributed by atoms with van der Waals surface area (Å²) in [6.07, 6.45) is 1.13. The van der Waals surface area contributed by atoms with Crippen molar-refractivity contribution < 1.29 is 4.79 Å². The molecule has 108 valence electrons. The number of rotatable bonds is 1. The van der Waals surface area contributed by atoms with Crippen LogP contribution in [0.15, 0.2) is 41.8 Å². The minimum atomic E-state index is 0.188. The third-order valence-electron chi connectivity index (χ3n) is 4.59. The summed E-state index contributed by atoms with van der Waals surface area (Å²) in [4.78, 5) is 18.0. The lowest BCUT2D eigenvalue weighted by Gasteiger charge is -2.44. The highest BCUT2D eigenvalue weighted by Gasteiger charge is 2.34. The van der Waals surface area contributed by atoms with E-state index in [9.17, 15) is 4.79 Å². The molecule has 1 saturated heterocycles. The minimum Gasteiger partial charge on any atom is -0.335 e. The molecule has 1 aromatic heterocycles. The van der Waals surface area contributed by atoms with Crippen LogP contribution in [-0.2, 0) is 6.42 Å². The van der Waals surface area contributed by atoms with Crippen molar-refractivity contribution in [1.29, 1.82) is 0 Å². The average molecular weight is 298 g/mol. The van der Waals surface area contributed by atoms with Crippen molar-refractivity contribution in [3.8, 4) is 0 Å². The van der Waals surface area contributed by atoms with Gasteiger partial charge in [0.1, 0.15) is 0 Å². The third-order valence-corrected chi connectivity index (χ3v) is 5.45. The Bertz CT molecular complexity index is 653. The zero-order valence-corrected chi connectivity index (χ0v) is 12.7. The van der Waals surface area contributed by atoms with Gasteiger partial charge in [0.05, 0.1) is 10.9 Å². The highest BCUT2D eigenvalue weighted by Crippen LogP contribution is 2.32. The summed E-state index contributed by atoms with van der Waals surface area (Å²) in [6, 6.07) is 12.9. The van der Waals surface area contributed by atoms with E-state index in [1.165, 1.54) is 22.5 Å². The number of piperazine rings is 1. The lowest BCUT2D eigenvalue weighted by molar-refractivity contribution is 0.0458. The van der Waals surface area contributed by atoms with Crippen LogP contribution in [0.5, 0.6) is 0 Å². The average Bonchev–Trinajstić information content (AvgIpc) is 3.08. The van der Waals surface area contributed by atoms with E-state index in [1.54, 1.807) is 0 Å². The third kappa shape index (κ3) is 2.28. The summed E-state index contributed by atoms with van der Waals surface area (Å²) in [5.74, 6) is 0.188. The van der Waals surface area contributed by atoms with E-state index >= 15 is 0 Å². The molecule has 0 N–H and O–H groups in total. The highest BCUT2D eigenvalue weighted by molar-refractivity contribution is 7.12. The molecule has 1 atom stereocenters. The Balaban J connectivity index is 1.60. The summed E-state index contributed by atoms with van der Waals surface area (Å²) in [5.41, 5.74) is 2.86. The van der Waals surface area contributed by atoms with Crippen LogP contribution in [-0.4, -0.2) is 41.9 Å². The van der Waals surface area contributed by atoms with Crippen LogP contribution in [0, 0.1) is 0 Å². The van der Waals surface area contributed by atoms with Gasteiger partial charge in [0, 0.05) is 26.2 Å². The predicted molar refractivity (Wildman–Crippen MR) is 84.7 cm³/mol. The molecule has 0 saturated carbocycles. The number of carbonyl (C=O) groups is 1. The number of hydrogen-bond donors (Lipinski definition) is 0. The maximum absolute atomic E-state index is 12.6. The van der Waals surface area contributed by atoms with Crippen molar-refractivity contribution in [2.45, 2.75) is 12.5 Å². The van der Waals surface area contributed by atoms with E-state index in [0.717, 1.165) is 37.5 Å². The van der Waals surface area contributed by atoms with Gasteiger partial charge in [0.15, 0.2) is 0 Å². The number of carbonyl (C=O) groups excluding carboxylic acids is 1. The first-order valence-corrected chi connectivity index (χ1v) is 8.35. The van der Waals surface area contributed by atoms with Crippen molar-refractivity contribution in [2.75, 3.05) is 26.2 Å². The van der Waals surface area contributed by atoms with Gasteiger partial charge in [-0.3, -0.25) is 9.69 Å². The molecule has 1 amide bonds. The maximum Gasteiger partial charge on any atom is 0.264 e. The van der Waals surface area contributed by atoms with Crippen molar-refractivity contribution in [1.82, 2.24) is 9.80 Å². The van der Waals surface area contributed by atoms with Gasteiger partial charge in [-0.15, -0.1) is 11.3 Å². The normalized spacial score (nSPS) is 21.7. The fraction of sp³-hybridized carbons (Fsp3) is 0.353. The number of thiophene rings is 1. The van der Waals surface area contributed by atoms with Crippen molar-refractivity contribution in [3.63, 3.8) is 0 Å². The van der Waals surface area contributed by atoms with Gasteiger partial charge < -0.3 is 4.90 Å². The van der Waals surface area contributed by atoms with Crippen LogP contribution in [0.2, 0.25) is 0 Å². The Morgan fingerprint density at radius 2 is 2.00 bits per heavy atom. The van der Waals surface area contributed by atoms with Crippen LogP contribution < -0.4 is 0 Å². The van der Waals surface area contributed by atoms with E-state index in [-0.39, 0.29) is 5.91 Å². The second-order valence-electron chi connectivity index (χ2n) is 5.73. The molecule has 0 radical (unpaired) electrons. The molecule has 3 nitrogen and oxygen atoms in total. The molecule has 21 heavy (non-hydrogen) atoms. The fourth-order valence-corrected chi connectivity index (χ4v) is 4.17. The van der Waals surface area contributed by atoms with E-state index < -0.39 is 0 Å². The monoisotopic (exact) mass is 298 g/mol. The van der Waals surface area contributed by atoms with E-state index in [1.807, 2.05) is 22.4 Å². The van der Waals surface area contributed by atoms with Gasteiger partial charge in [0.2, 0.25) is 0 Å². The predicted octanol–water partition coefficient (Wildman–Crippen LogP) is 2.80. The van der Waals surface area contributed by atoms with E-state index in [4.69, 9.17) is 0 Å². The molecule has 4 rings (SSSR count). The van der Waals surface area contributed by atoms with Gasteiger partial charge in [-0.25, -0.2) is 0 Å². The number of benzene rings is 1. The first-order valence-electron chi connectivity index (χ1n) is 7.47. The largest absolute Gasteiger partial charge is 0.335 e. The van der Waals surface area contributed by atoms with E-state index in [2.05, 4.69) is 29.2 Å². The molecule has 2 aromatic rings. The molecular weight excluding hydrogens is 280 g/mol. The standard InChI is InChI=1S/C17H18N2OS/c20-17(16-6-3-11-21-16)19-10-9-18-8-7-13-4-1-2-5-14(13)15(18)12-19/h1-6,11,15H,7-10,12H2. The second-order valence-corrected chi connectivity index (χ2v) is 6.68. The van der Waals surface area contributed by atoms with Crippen LogP contribution in [0.4, 0.5) is 0 Å². The number of fused-ring (bicyclic) bond motifs is 3. The Kier molecular flexibility index (Phi) is 3.28. The van der Waals surface area contributed by atoms with Gasteiger partial charge in [-0.2, -0.15) is 0 Å². The number of amides is 1. The molecule has 1 unspecified atom stereocenters. The molecule has 1 aromatic carbocycles. The first-order chi connectivity index (χ1) is 10.3. The van der Waals surface area contributed by atoms with Crippen LogP contribution in [0.25, 0.3) is 0 Å².